The number of nitriles is 1. The number of nitrogens with zero attached hydrogens (tertiary/aromatic N) is 1. The molecule has 1 fully saturated rings. The van der Waals surface area contributed by atoms with Crippen molar-refractivity contribution in [3.63, 3.8) is 0 Å². The second kappa shape index (κ2) is 4.62. The zero-order chi connectivity index (χ0) is 13.3. The van der Waals surface area contributed by atoms with E-state index in [4.69, 9.17) is 5.26 Å². The molecule has 1 aliphatic carbocycles. The second-order valence-electron chi connectivity index (χ2n) is 4.56. The Morgan fingerprint density at radius 1 is 1.33 bits per heavy atom. The molecule has 5 heteroatoms. The number of aliphatic hydroxyl groups is 1. The summed E-state index contributed by atoms with van der Waals surface area (Å²) < 4.78 is 37.7. The molecule has 1 aromatic rings. The fourth-order valence-corrected chi connectivity index (χ4v) is 1.97. The molecular formula is C13H12F3NO. The zero-order valence-electron chi connectivity index (χ0n) is 9.48. The van der Waals surface area contributed by atoms with Crippen LogP contribution in [0, 0.1) is 17.2 Å². The highest BCUT2D eigenvalue weighted by Crippen LogP contribution is 2.39. The van der Waals surface area contributed by atoms with E-state index < -0.39 is 23.8 Å². The van der Waals surface area contributed by atoms with Crippen LogP contribution in [0.4, 0.5) is 13.2 Å². The maximum absolute atomic E-state index is 12.6. The highest BCUT2D eigenvalue weighted by molar-refractivity contribution is 5.32. The van der Waals surface area contributed by atoms with Crippen LogP contribution in [-0.2, 0) is 6.18 Å². The number of hydrogen-bond donors (Lipinski definition) is 1. The highest BCUT2D eigenvalue weighted by atomic mass is 19.4. The van der Waals surface area contributed by atoms with Crippen molar-refractivity contribution in [1.82, 2.24) is 0 Å². The number of hydrogen-bond acceptors (Lipinski definition) is 2. The molecule has 1 saturated carbocycles. The van der Waals surface area contributed by atoms with Crippen molar-refractivity contribution in [3.8, 4) is 6.07 Å². The molecule has 2 rings (SSSR count). The Balaban J connectivity index is 2.29. The Morgan fingerprint density at radius 3 is 2.50 bits per heavy atom. The van der Waals surface area contributed by atoms with Gasteiger partial charge in [-0.05, 0) is 30.4 Å². The van der Waals surface area contributed by atoms with Gasteiger partial charge in [-0.25, -0.2) is 0 Å². The van der Waals surface area contributed by atoms with Gasteiger partial charge < -0.3 is 5.11 Å². The fourth-order valence-electron chi connectivity index (χ4n) is 1.97. The fraction of sp³-hybridized carbons (Fsp3) is 0.462. The van der Waals surface area contributed by atoms with E-state index in [1.165, 1.54) is 12.1 Å². The van der Waals surface area contributed by atoms with E-state index in [9.17, 15) is 18.3 Å². The van der Waals surface area contributed by atoms with Crippen molar-refractivity contribution in [2.24, 2.45) is 5.92 Å². The molecule has 96 valence electrons. The van der Waals surface area contributed by atoms with Crippen LogP contribution in [0.3, 0.4) is 0 Å². The number of benzene rings is 1. The second-order valence-corrected chi connectivity index (χ2v) is 4.56. The van der Waals surface area contributed by atoms with Gasteiger partial charge in [0.05, 0.1) is 23.7 Å². The standard InChI is InChI=1S/C13H12F3NO/c14-13(15,16)10-3-1-2-9(6-10)11(7-17)12(18)8-4-5-8/h1-3,6,8,11-12,18H,4-5H2. The van der Waals surface area contributed by atoms with Gasteiger partial charge in [0.1, 0.15) is 0 Å². The van der Waals surface area contributed by atoms with Crippen LogP contribution in [0.25, 0.3) is 0 Å². The van der Waals surface area contributed by atoms with E-state index in [1.807, 2.05) is 6.07 Å². The normalized spacial score (nSPS) is 19.1. The van der Waals surface area contributed by atoms with Gasteiger partial charge in [0.2, 0.25) is 0 Å². The molecule has 2 nitrogen and oxygen atoms in total. The first-order valence-corrected chi connectivity index (χ1v) is 5.68. The Hall–Kier alpha value is -1.54. The van der Waals surface area contributed by atoms with Crippen LogP contribution in [0.5, 0.6) is 0 Å². The van der Waals surface area contributed by atoms with Crippen LogP contribution in [0.1, 0.15) is 29.9 Å². The van der Waals surface area contributed by atoms with E-state index in [-0.39, 0.29) is 11.5 Å². The molecule has 0 bridgehead atoms. The maximum atomic E-state index is 12.6. The molecule has 0 aliphatic heterocycles. The van der Waals surface area contributed by atoms with E-state index in [2.05, 4.69) is 0 Å². The van der Waals surface area contributed by atoms with Crippen LogP contribution >= 0.6 is 0 Å². The lowest BCUT2D eigenvalue weighted by molar-refractivity contribution is -0.137. The van der Waals surface area contributed by atoms with E-state index in [0.29, 0.717) is 0 Å². The summed E-state index contributed by atoms with van der Waals surface area (Å²) in [7, 11) is 0. The van der Waals surface area contributed by atoms with E-state index in [0.717, 1.165) is 25.0 Å². The minimum Gasteiger partial charge on any atom is -0.391 e. The molecule has 0 heterocycles. The van der Waals surface area contributed by atoms with Gasteiger partial charge in [0.25, 0.3) is 0 Å². The molecule has 1 N–H and O–H groups in total. The smallest absolute Gasteiger partial charge is 0.391 e. The summed E-state index contributed by atoms with van der Waals surface area (Å²) in [6.07, 6.45) is -3.64. The lowest BCUT2D eigenvalue weighted by Crippen LogP contribution is -2.20. The van der Waals surface area contributed by atoms with Crippen molar-refractivity contribution >= 4 is 0 Å². The number of rotatable bonds is 3. The SMILES string of the molecule is N#CC(c1cccc(C(F)(F)F)c1)C(O)C1CC1. The lowest BCUT2D eigenvalue weighted by Gasteiger charge is -2.17. The molecule has 2 unspecified atom stereocenters. The van der Waals surface area contributed by atoms with Crippen LogP contribution < -0.4 is 0 Å². The van der Waals surface area contributed by atoms with Crippen LogP contribution in [0.2, 0.25) is 0 Å². The first-order valence-electron chi connectivity index (χ1n) is 5.68. The average Bonchev–Trinajstić information content (AvgIpc) is 3.13. The largest absolute Gasteiger partial charge is 0.416 e. The van der Waals surface area contributed by atoms with Crippen molar-refractivity contribution < 1.29 is 18.3 Å². The summed E-state index contributed by atoms with van der Waals surface area (Å²) in [5.74, 6) is -0.844. The first-order chi connectivity index (χ1) is 8.43. The summed E-state index contributed by atoms with van der Waals surface area (Å²) in [6, 6.07) is 6.52. The third-order valence-corrected chi connectivity index (χ3v) is 3.16. The zero-order valence-corrected chi connectivity index (χ0v) is 9.48. The summed E-state index contributed by atoms with van der Waals surface area (Å²) in [5, 5.41) is 18.9. The Bertz CT molecular complexity index is 474. The molecule has 0 saturated heterocycles. The predicted octanol–water partition coefficient (Wildman–Crippen LogP) is 3.08. The minimum atomic E-state index is -4.43. The van der Waals surface area contributed by atoms with Gasteiger partial charge >= 0.3 is 6.18 Å². The average molecular weight is 255 g/mol. The molecule has 0 spiro atoms. The van der Waals surface area contributed by atoms with Gasteiger partial charge in [-0.2, -0.15) is 18.4 Å². The van der Waals surface area contributed by atoms with Gasteiger partial charge in [0, 0.05) is 0 Å². The van der Waals surface area contributed by atoms with Crippen molar-refractivity contribution in [1.29, 1.82) is 5.26 Å². The molecule has 1 aromatic carbocycles. The maximum Gasteiger partial charge on any atom is 0.416 e. The number of alkyl halides is 3. The molecule has 18 heavy (non-hydrogen) atoms. The third kappa shape index (κ3) is 2.65. The van der Waals surface area contributed by atoms with Crippen molar-refractivity contribution in [2.45, 2.75) is 31.0 Å². The molecular weight excluding hydrogens is 243 g/mol. The Kier molecular flexibility index (Phi) is 3.31. The van der Waals surface area contributed by atoms with Crippen LogP contribution in [0.15, 0.2) is 24.3 Å². The van der Waals surface area contributed by atoms with Gasteiger partial charge in [-0.15, -0.1) is 0 Å². The van der Waals surface area contributed by atoms with E-state index in [1.54, 1.807) is 0 Å². The van der Waals surface area contributed by atoms with Crippen LogP contribution in [-0.4, -0.2) is 11.2 Å². The Labute approximate surface area is 103 Å². The van der Waals surface area contributed by atoms with Gasteiger partial charge in [-0.1, -0.05) is 18.2 Å². The molecule has 0 radical (unpaired) electrons. The molecule has 0 amide bonds. The molecule has 2 atom stereocenters. The highest BCUT2D eigenvalue weighted by Gasteiger charge is 2.37. The third-order valence-electron chi connectivity index (χ3n) is 3.16. The molecule has 1 aliphatic rings. The van der Waals surface area contributed by atoms with Gasteiger partial charge in [0.15, 0.2) is 0 Å². The Morgan fingerprint density at radius 2 is 2.00 bits per heavy atom. The summed E-state index contributed by atoms with van der Waals surface area (Å²) in [5.41, 5.74) is -0.560. The summed E-state index contributed by atoms with van der Waals surface area (Å²) in [4.78, 5) is 0. The topological polar surface area (TPSA) is 44.0 Å². The molecule has 0 aromatic heterocycles. The monoisotopic (exact) mass is 255 g/mol. The van der Waals surface area contributed by atoms with E-state index >= 15 is 0 Å². The lowest BCUT2D eigenvalue weighted by atomic mass is 9.91. The van der Waals surface area contributed by atoms with Crippen molar-refractivity contribution in [3.05, 3.63) is 35.4 Å². The minimum absolute atomic E-state index is 0.0455. The summed E-state index contributed by atoms with van der Waals surface area (Å²) in [6.45, 7) is 0. The van der Waals surface area contributed by atoms with Gasteiger partial charge in [-0.3, -0.25) is 0 Å². The number of halogens is 3. The number of aliphatic hydroxyl groups excluding tert-OH is 1. The predicted molar refractivity (Wildman–Crippen MR) is 58.5 cm³/mol. The quantitative estimate of drug-likeness (QED) is 0.902. The van der Waals surface area contributed by atoms with Crippen molar-refractivity contribution in [2.75, 3.05) is 0 Å². The summed E-state index contributed by atoms with van der Waals surface area (Å²) >= 11 is 0. The first kappa shape index (κ1) is 12.9.